The normalized spacial score (nSPS) is 19.9. The predicted molar refractivity (Wildman–Crippen MR) is 170 cm³/mol. The standard InChI is InChI=1S/C36H42N4O4/c1-26-33(24-40(2)21-19-32-10-6-7-20-37-32)43-35(44-34(26)30-15-13-29(25-41)14-16-30)31-17-11-28(12-18-31)23-39-36(42)38-22-27-8-4-3-5-9-27/h3-18,20,26,33-35,41H,19,21-25H2,1-2H3,(H2,38,39,42). The van der Waals surface area contributed by atoms with Crippen molar-refractivity contribution < 1.29 is 19.4 Å². The Morgan fingerprint density at radius 3 is 2.11 bits per heavy atom. The molecule has 8 heteroatoms. The SMILES string of the molecule is CC1C(CN(C)CCc2ccccn2)OC(c2ccc(CNC(=O)NCc3ccccc3)cc2)OC1c1ccc(CO)cc1. The molecule has 44 heavy (non-hydrogen) atoms. The molecule has 1 aliphatic rings. The molecule has 2 heterocycles. The minimum atomic E-state index is -0.543. The Hall–Kier alpha value is -4.08. The van der Waals surface area contributed by atoms with Crippen LogP contribution in [0.15, 0.2) is 103 Å². The lowest BCUT2D eigenvalue weighted by Crippen LogP contribution is -2.44. The highest BCUT2D eigenvalue weighted by molar-refractivity contribution is 5.73. The second-order valence-electron chi connectivity index (χ2n) is 11.4. The first kappa shape index (κ1) is 31.3. The molecule has 1 aliphatic heterocycles. The molecule has 4 aromatic rings. The van der Waals surface area contributed by atoms with Gasteiger partial charge in [0.1, 0.15) is 0 Å². The Kier molecular flexibility index (Phi) is 11.1. The maximum Gasteiger partial charge on any atom is 0.315 e. The zero-order valence-electron chi connectivity index (χ0n) is 25.4. The van der Waals surface area contributed by atoms with E-state index in [4.69, 9.17) is 9.47 Å². The number of nitrogens with zero attached hydrogens (tertiary/aromatic N) is 2. The third-order valence-electron chi connectivity index (χ3n) is 8.09. The Bertz CT molecular complexity index is 1430. The minimum absolute atomic E-state index is 0.00662. The summed E-state index contributed by atoms with van der Waals surface area (Å²) in [6.07, 6.45) is 1.91. The number of likely N-dealkylation sites (N-methyl/N-ethyl adjacent to an activating group) is 1. The van der Waals surface area contributed by atoms with Crippen molar-refractivity contribution in [2.24, 2.45) is 5.92 Å². The number of aromatic nitrogens is 1. The Morgan fingerprint density at radius 1 is 0.818 bits per heavy atom. The molecule has 1 saturated heterocycles. The van der Waals surface area contributed by atoms with Gasteiger partial charge in [-0.15, -0.1) is 0 Å². The van der Waals surface area contributed by atoms with Crippen molar-refractivity contribution in [3.63, 3.8) is 0 Å². The highest BCUT2D eigenvalue weighted by Gasteiger charge is 2.38. The molecule has 3 aromatic carbocycles. The van der Waals surface area contributed by atoms with Crippen LogP contribution in [0.1, 0.15) is 52.8 Å². The number of benzene rings is 3. The molecule has 1 aromatic heterocycles. The van der Waals surface area contributed by atoms with Gasteiger partial charge in [0.25, 0.3) is 0 Å². The van der Waals surface area contributed by atoms with Crippen LogP contribution in [0.4, 0.5) is 4.79 Å². The van der Waals surface area contributed by atoms with Gasteiger partial charge in [-0.05, 0) is 41.4 Å². The molecule has 5 rings (SSSR count). The summed E-state index contributed by atoms with van der Waals surface area (Å²) >= 11 is 0. The van der Waals surface area contributed by atoms with Crippen molar-refractivity contribution in [3.05, 3.63) is 137 Å². The first-order valence-electron chi connectivity index (χ1n) is 15.2. The lowest BCUT2D eigenvalue weighted by Gasteiger charge is -2.42. The summed E-state index contributed by atoms with van der Waals surface area (Å²) in [4.78, 5) is 19.1. The molecule has 0 bridgehead atoms. The number of aliphatic hydroxyl groups excluding tert-OH is 1. The van der Waals surface area contributed by atoms with Crippen molar-refractivity contribution >= 4 is 6.03 Å². The van der Waals surface area contributed by atoms with E-state index in [0.29, 0.717) is 13.1 Å². The van der Waals surface area contributed by atoms with Crippen molar-refractivity contribution in [1.29, 1.82) is 0 Å². The Balaban J connectivity index is 1.23. The van der Waals surface area contributed by atoms with E-state index in [-0.39, 0.29) is 30.8 Å². The summed E-state index contributed by atoms with van der Waals surface area (Å²) in [6, 6.07) is 31.6. The number of pyridine rings is 1. The molecule has 4 unspecified atom stereocenters. The van der Waals surface area contributed by atoms with Crippen LogP contribution in [-0.4, -0.2) is 47.3 Å². The number of nitrogens with one attached hydrogen (secondary N) is 2. The van der Waals surface area contributed by atoms with Crippen molar-refractivity contribution in [1.82, 2.24) is 20.5 Å². The fourth-order valence-electron chi connectivity index (χ4n) is 5.39. The van der Waals surface area contributed by atoms with E-state index in [9.17, 15) is 9.90 Å². The van der Waals surface area contributed by atoms with Gasteiger partial charge >= 0.3 is 6.03 Å². The maximum absolute atomic E-state index is 12.3. The highest BCUT2D eigenvalue weighted by atomic mass is 16.7. The monoisotopic (exact) mass is 594 g/mol. The zero-order chi connectivity index (χ0) is 30.7. The number of urea groups is 1. The number of carbonyl (C=O) groups excluding carboxylic acids is 1. The molecule has 0 spiro atoms. The molecule has 2 amide bonds. The maximum atomic E-state index is 12.3. The summed E-state index contributed by atoms with van der Waals surface area (Å²) in [5.41, 5.74) is 5.96. The lowest BCUT2D eigenvalue weighted by molar-refractivity contribution is -0.275. The van der Waals surface area contributed by atoms with Crippen LogP contribution >= 0.6 is 0 Å². The van der Waals surface area contributed by atoms with E-state index in [2.05, 4.69) is 40.6 Å². The topological polar surface area (TPSA) is 96.0 Å². The van der Waals surface area contributed by atoms with Gasteiger partial charge in [-0.3, -0.25) is 4.98 Å². The summed E-state index contributed by atoms with van der Waals surface area (Å²) < 4.78 is 13.2. The number of carbonyl (C=O) groups is 1. The van der Waals surface area contributed by atoms with E-state index in [0.717, 1.165) is 53.0 Å². The summed E-state index contributed by atoms with van der Waals surface area (Å²) in [5.74, 6) is 0.0985. The van der Waals surface area contributed by atoms with Crippen LogP contribution in [0.5, 0.6) is 0 Å². The van der Waals surface area contributed by atoms with Crippen molar-refractivity contribution in [2.45, 2.75) is 51.5 Å². The zero-order valence-corrected chi connectivity index (χ0v) is 25.4. The minimum Gasteiger partial charge on any atom is -0.392 e. The Labute approximate surface area is 260 Å². The summed E-state index contributed by atoms with van der Waals surface area (Å²) in [5, 5.41) is 15.3. The van der Waals surface area contributed by atoms with E-state index in [1.807, 2.05) is 97.2 Å². The van der Waals surface area contributed by atoms with Gasteiger partial charge in [0.15, 0.2) is 6.29 Å². The molecule has 3 N–H and O–H groups in total. The molecule has 230 valence electrons. The average molecular weight is 595 g/mol. The van der Waals surface area contributed by atoms with Gasteiger partial charge < -0.3 is 30.1 Å². The van der Waals surface area contributed by atoms with Crippen molar-refractivity contribution in [2.75, 3.05) is 20.1 Å². The lowest BCUT2D eigenvalue weighted by atomic mass is 9.90. The molecule has 0 aliphatic carbocycles. The number of amides is 2. The Morgan fingerprint density at radius 2 is 1.45 bits per heavy atom. The highest BCUT2D eigenvalue weighted by Crippen LogP contribution is 2.41. The van der Waals surface area contributed by atoms with Gasteiger partial charge in [-0.2, -0.15) is 0 Å². The van der Waals surface area contributed by atoms with Gasteiger partial charge in [0.2, 0.25) is 0 Å². The third kappa shape index (κ3) is 8.74. The first-order valence-corrected chi connectivity index (χ1v) is 15.2. The smallest absolute Gasteiger partial charge is 0.315 e. The van der Waals surface area contributed by atoms with Gasteiger partial charge in [-0.1, -0.05) is 91.9 Å². The second kappa shape index (κ2) is 15.6. The number of aliphatic hydroxyl groups is 1. The van der Waals surface area contributed by atoms with E-state index in [1.54, 1.807) is 0 Å². The van der Waals surface area contributed by atoms with E-state index >= 15 is 0 Å². The van der Waals surface area contributed by atoms with Crippen molar-refractivity contribution in [3.8, 4) is 0 Å². The number of rotatable bonds is 12. The molecular formula is C36H42N4O4. The fourth-order valence-corrected chi connectivity index (χ4v) is 5.39. The van der Waals surface area contributed by atoms with Crippen LogP contribution < -0.4 is 10.6 Å². The van der Waals surface area contributed by atoms with E-state index in [1.165, 1.54) is 0 Å². The van der Waals surface area contributed by atoms with Gasteiger partial charge in [-0.25, -0.2) is 4.79 Å². The number of hydrogen-bond donors (Lipinski definition) is 3. The molecule has 4 atom stereocenters. The summed E-state index contributed by atoms with van der Waals surface area (Å²) in [7, 11) is 2.12. The van der Waals surface area contributed by atoms with Crippen LogP contribution in [0.25, 0.3) is 0 Å². The third-order valence-corrected chi connectivity index (χ3v) is 8.09. The van der Waals surface area contributed by atoms with Crippen LogP contribution in [0, 0.1) is 5.92 Å². The number of ether oxygens (including phenoxy) is 2. The second-order valence-corrected chi connectivity index (χ2v) is 11.4. The fraction of sp³-hybridized carbons (Fsp3) is 0.333. The molecule has 0 saturated carbocycles. The molecular weight excluding hydrogens is 552 g/mol. The quantitative estimate of drug-likeness (QED) is 0.199. The number of hydrogen-bond acceptors (Lipinski definition) is 6. The van der Waals surface area contributed by atoms with Gasteiger partial charge in [0, 0.05) is 56.0 Å². The predicted octanol–water partition coefficient (Wildman–Crippen LogP) is 5.54. The van der Waals surface area contributed by atoms with Gasteiger partial charge in [0.05, 0.1) is 18.8 Å². The average Bonchev–Trinajstić information content (AvgIpc) is 3.07. The van der Waals surface area contributed by atoms with E-state index < -0.39 is 6.29 Å². The molecule has 0 radical (unpaired) electrons. The molecule has 8 nitrogen and oxygen atoms in total. The largest absolute Gasteiger partial charge is 0.392 e. The van der Waals surface area contributed by atoms with Crippen LogP contribution in [-0.2, 0) is 35.6 Å². The van der Waals surface area contributed by atoms with Crippen LogP contribution in [0.2, 0.25) is 0 Å². The first-order chi connectivity index (χ1) is 21.5. The molecule has 1 fully saturated rings. The summed E-state index contributed by atoms with van der Waals surface area (Å²) in [6.45, 7) is 4.69. The van der Waals surface area contributed by atoms with Crippen LogP contribution in [0.3, 0.4) is 0 Å².